The second kappa shape index (κ2) is 7.83. The van der Waals surface area contributed by atoms with E-state index in [1.165, 1.54) is 0 Å². The molecular formula is C15H21BO5PS. The van der Waals surface area contributed by atoms with E-state index in [2.05, 4.69) is 0 Å². The second-order valence-corrected chi connectivity index (χ2v) is 7.54. The minimum Gasteiger partial charge on any atom is -0.368 e. The molecule has 0 aliphatic carbocycles. The lowest BCUT2D eigenvalue weighted by atomic mass is 10.1. The maximum Gasteiger partial charge on any atom is 0.190 e. The Morgan fingerprint density at radius 1 is 1.43 bits per heavy atom. The molecule has 0 amide bonds. The zero-order valence-corrected chi connectivity index (χ0v) is 14.8. The molecule has 5 atom stereocenters. The summed E-state index contributed by atoms with van der Waals surface area (Å²) in [6.45, 7) is 4.39. The summed E-state index contributed by atoms with van der Waals surface area (Å²) in [5.41, 5.74) is 1.07. The summed E-state index contributed by atoms with van der Waals surface area (Å²) in [5, 5.41) is 0. The topological polar surface area (TPSA) is 46.2 Å². The molecule has 23 heavy (non-hydrogen) atoms. The fourth-order valence-electron chi connectivity index (χ4n) is 2.78. The Balaban J connectivity index is 1.60. The average molecular weight is 358 g/mol. The first kappa shape index (κ1) is 15.1. The molecule has 1 aromatic rings. The van der Waals surface area contributed by atoms with E-state index in [1.54, 1.807) is 0 Å². The number of hydrogen-bond donors (Lipinski definition) is 0. The van der Waals surface area contributed by atoms with Gasteiger partial charge in [0.15, 0.2) is 12.1 Å². The normalized spacial score (nSPS) is 34.5. The quantitative estimate of drug-likeness (QED) is 0.404. The van der Waals surface area contributed by atoms with Gasteiger partial charge in [0.2, 0.25) is 0 Å². The molecule has 0 bridgehead atoms. The SMILES string of the molecule is [2H]P([B][3H])SOCC1OC2OC(C)(C)O[C@H]2[C@@H]1OCc1ccccc1. The summed E-state index contributed by atoms with van der Waals surface area (Å²) in [6.07, 6.45) is -1.49. The highest BCUT2D eigenvalue weighted by Crippen LogP contribution is 2.39. The zero-order valence-electron chi connectivity index (χ0n) is 15.1. The Hall–Kier alpha value is -0.135. The molecular weight excluding hydrogens is 334 g/mol. The average Bonchev–Trinajstić information content (AvgIpc) is 3.05. The van der Waals surface area contributed by atoms with E-state index in [0.29, 0.717) is 6.61 Å². The van der Waals surface area contributed by atoms with Gasteiger partial charge in [-0.3, -0.25) is 0 Å². The number of rotatable bonds is 8. The molecule has 0 N–H and O–H groups in total. The number of hydrogen-bond acceptors (Lipinski definition) is 6. The Labute approximate surface area is 146 Å². The van der Waals surface area contributed by atoms with Crippen molar-refractivity contribution >= 4 is 26.8 Å². The summed E-state index contributed by atoms with van der Waals surface area (Å²) in [6, 6.07) is 9.90. The Morgan fingerprint density at radius 3 is 3.04 bits per heavy atom. The lowest BCUT2D eigenvalue weighted by Gasteiger charge is -2.25. The Morgan fingerprint density at radius 2 is 2.26 bits per heavy atom. The van der Waals surface area contributed by atoms with Crippen LogP contribution in [-0.4, -0.2) is 47.1 Å². The third kappa shape index (κ3) is 4.48. The van der Waals surface area contributed by atoms with Gasteiger partial charge in [-0.05, 0) is 20.7 Å². The third-order valence-electron chi connectivity index (χ3n) is 3.70. The molecule has 2 aliphatic rings. The third-order valence-corrected chi connectivity index (χ3v) is 4.60. The van der Waals surface area contributed by atoms with E-state index < -0.39 is 19.7 Å². The van der Waals surface area contributed by atoms with Crippen molar-refractivity contribution in [3.63, 3.8) is 0 Å². The summed E-state index contributed by atoms with van der Waals surface area (Å²) >= 11 is 0.979. The van der Waals surface area contributed by atoms with Crippen molar-refractivity contribution in [1.29, 1.82) is 2.61 Å². The van der Waals surface area contributed by atoms with Crippen LogP contribution >= 0.6 is 19.3 Å². The number of ether oxygens (including phenoxy) is 4. The van der Waals surface area contributed by atoms with Gasteiger partial charge in [-0.15, -0.1) is 0 Å². The zero-order chi connectivity index (χ0) is 17.9. The molecule has 1 aromatic carbocycles. The van der Waals surface area contributed by atoms with Gasteiger partial charge < -0.3 is 23.1 Å². The fraction of sp³-hybridized carbons (Fsp3) is 0.600. The maximum absolute atomic E-state index is 7.56. The number of benzene rings is 1. The minimum absolute atomic E-state index is 0.246. The highest BCUT2D eigenvalue weighted by molar-refractivity contribution is 8.53. The summed E-state index contributed by atoms with van der Waals surface area (Å²) in [7, 11) is -0.285. The predicted molar refractivity (Wildman–Crippen MR) is 92.7 cm³/mol. The van der Waals surface area contributed by atoms with Gasteiger partial charge in [-0.2, -0.15) is 0 Å². The van der Waals surface area contributed by atoms with Crippen molar-refractivity contribution in [2.75, 3.05) is 6.61 Å². The monoisotopic (exact) mass is 358 g/mol. The van der Waals surface area contributed by atoms with Crippen LogP contribution < -0.4 is 0 Å². The molecule has 2 heterocycles. The minimum atomic E-state index is -1.36. The Kier molecular flexibility index (Phi) is 5.16. The van der Waals surface area contributed by atoms with Gasteiger partial charge in [-0.1, -0.05) is 37.9 Å². The van der Waals surface area contributed by atoms with E-state index >= 15 is 0 Å². The summed E-state index contributed by atoms with van der Waals surface area (Å²) in [5.74, 6) is -0.708. The summed E-state index contributed by atoms with van der Waals surface area (Å²) in [4.78, 5) is 0. The molecule has 8 heteroatoms. The van der Waals surface area contributed by atoms with Crippen molar-refractivity contribution in [2.24, 2.45) is 0 Å². The fourth-order valence-corrected chi connectivity index (χ4v) is 3.40. The molecule has 0 spiro atoms. The van der Waals surface area contributed by atoms with E-state index in [-0.39, 0.29) is 24.9 Å². The van der Waals surface area contributed by atoms with Crippen LogP contribution in [0.1, 0.15) is 19.4 Å². The van der Waals surface area contributed by atoms with Gasteiger partial charge in [0.05, 0.1) is 14.5 Å². The van der Waals surface area contributed by atoms with Crippen LogP contribution in [0.2, 0.25) is 0 Å². The van der Waals surface area contributed by atoms with Crippen molar-refractivity contribution < 1.29 is 23.1 Å². The second-order valence-electron chi connectivity index (χ2n) is 5.87. The van der Waals surface area contributed by atoms with E-state index in [9.17, 15) is 0 Å². The van der Waals surface area contributed by atoms with Gasteiger partial charge in [0.25, 0.3) is 0 Å². The predicted octanol–water partition coefficient (Wildman–Crippen LogP) is 2.52. The largest absolute Gasteiger partial charge is 0.368 e. The van der Waals surface area contributed by atoms with Crippen molar-refractivity contribution in [1.82, 2.24) is 0 Å². The van der Waals surface area contributed by atoms with E-state index in [4.69, 9.17) is 25.7 Å². The molecule has 0 aromatic heterocycles. The lowest BCUT2D eigenvalue weighted by Crippen LogP contribution is -2.38. The molecule has 2 aliphatic heterocycles. The van der Waals surface area contributed by atoms with Crippen LogP contribution in [0.3, 0.4) is 0 Å². The molecule has 2 fully saturated rings. The first-order valence-corrected chi connectivity index (χ1v) is 9.75. The molecule has 0 saturated carbocycles. The van der Waals surface area contributed by atoms with Crippen LogP contribution in [-0.2, 0) is 29.7 Å². The van der Waals surface area contributed by atoms with Crippen molar-refractivity contribution in [2.45, 2.75) is 50.8 Å². The van der Waals surface area contributed by atoms with Gasteiger partial charge in [-0.25, -0.2) is 0 Å². The van der Waals surface area contributed by atoms with Crippen LogP contribution in [0.5, 0.6) is 0 Å². The van der Waals surface area contributed by atoms with Crippen LogP contribution in [0.25, 0.3) is 0 Å². The highest BCUT2D eigenvalue weighted by atomic mass is 32.7. The van der Waals surface area contributed by atoms with Gasteiger partial charge in [0, 0.05) is 11.7 Å². The first-order chi connectivity index (χ1) is 12.0. The molecule has 125 valence electrons. The maximum atomic E-state index is 7.56. The smallest absolute Gasteiger partial charge is 0.190 e. The molecule has 5 nitrogen and oxygen atoms in total. The molecule has 3 unspecified atom stereocenters. The highest BCUT2D eigenvalue weighted by Gasteiger charge is 2.55. The van der Waals surface area contributed by atoms with Gasteiger partial charge in [0.1, 0.15) is 25.8 Å². The van der Waals surface area contributed by atoms with Crippen LogP contribution in [0.4, 0.5) is 0 Å². The molecule has 2 saturated heterocycles. The first-order valence-electron chi connectivity index (χ1n) is 8.47. The van der Waals surface area contributed by atoms with E-state index in [1.807, 2.05) is 44.2 Å². The summed E-state index contributed by atoms with van der Waals surface area (Å²) < 4.78 is 43.8. The molecule has 1 radical (unpaired) electrons. The van der Waals surface area contributed by atoms with Crippen LogP contribution in [0, 0.1) is 0 Å². The van der Waals surface area contributed by atoms with Crippen molar-refractivity contribution in [3.8, 4) is 0 Å². The van der Waals surface area contributed by atoms with Crippen molar-refractivity contribution in [3.05, 3.63) is 35.9 Å². The Bertz CT molecular complexity index is 558. The molecule has 3 rings (SSSR count). The number of fused-ring (bicyclic) bond motifs is 1. The lowest BCUT2D eigenvalue weighted by molar-refractivity contribution is -0.221. The van der Waals surface area contributed by atoms with Crippen LogP contribution in [0.15, 0.2) is 30.3 Å². The standard InChI is InChI=1S/C15H21BO5PS/c1-15(2)20-13-12(17-8-10-6-4-3-5-7-10)11(9-18-23-22-16)19-14(13)21-15/h3-7,11-14,16,22H,8-9H2,1-2H3/t11?,12-,13+,14?,22?/m1/s1/i16T,22D. The van der Waals surface area contributed by atoms with E-state index in [0.717, 1.165) is 24.8 Å². The van der Waals surface area contributed by atoms with Gasteiger partial charge >= 0.3 is 0 Å².